The fourth-order valence-electron chi connectivity index (χ4n) is 4.96. The second-order valence-electron chi connectivity index (χ2n) is 9.76. The number of benzene rings is 1. The molecule has 0 spiro atoms. The molecule has 3 N–H and O–H groups in total. The number of aromatic nitrogens is 3. The van der Waals surface area contributed by atoms with E-state index in [1.54, 1.807) is 26.1 Å². The molecule has 0 amide bonds. The van der Waals surface area contributed by atoms with Gasteiger partial charge in [0.15, 0.2) is 9.84 Å². The summed E-state index contributed by atoms with van der Waals surface area (Å²) in [7, 11) is -3.66. The van der Waals surface area contributed by atoms with Crippen molar-refractivity contribution in [2.45, 2.75) is 62.2 Å². The van der Waals surface area contributed by atoms with E-state index in [0.717, 1.165) is 5.56 Å². The smallest absolute Gasteiger partial charge is 0.266 e. The predicted octanol–water partition coefficient (Wildman–Crippen LogP) is 2.23. The maximum absolute atomic E-state index is 13.7. The minimum absolute atomic E-state index is 0.0982. The molecule has 0 bridgehead atoms. The number of fused-ring (bicyclic) bond motifs is 4. The lowest BCUT2D eigenvalue weighted by molar-refractivity contribution is 0.213. The van der Waals surface area contributed by atoms with Crippen LogP contribution in [0.1, 0.15) is 50.9 Å². The van der Waals surface area contributed by atoms with Crippen LogP contribution in [0, 0.1) is 0 Å². The Morgan fingerprint density at radius 1 is 1.21 bits per heavy atom. The summed E-state index contributed by atoms with van der Waals surface area (Å²) in [4.78, 5) is 27.9. The number of sulfone groups is 1. The van der Waals surface area contributed by atoms with Crippen LogP contribution in [0.25, 0.3) is 11.0 Å². The lowest BCUT2D eigenvalue weighted by atomic mass is 9.84. The van der Waals surface area contributed by atoms with Crippen molar-refractivity contribution < 1.29 is 13.2 Å². The fourth-order valence-corrected chi connectivity index (χ4v) is 7.31. The average molecular weight is 482 g/mol. The normalized spacial score (nSPS) is 27.1. The molecule has 0 aliphatic carbocycles. The van der Waals surface area contributed by atoms with E-state index in [2.05, 4.69) is 15.0 Å². The molecule has 178 valence electrons. The van der Waals surface area contributed by atoms with Crippen LogP contribution in [0.15, 0.2) is 46.4 Å². The van der Waals surface area contributed by atoms with E-state index < -0.39 is 25.4 Å². The van der Waals surface area contributed by atoms with Crippen LogP contribution < -0.4 is 16.0 Å². The number of H-pyrrole nitrogens is 1. The van der Waals surface area contributed by atoms with E-state index in [1.165, 1.54) is 6.20 Å². The second-order valence-corrected chi connectivity index (χ2v) is 12.4. The summed E-state index contributed by atoms with van der Waals surface area (Å²) in [5.41, 5.74) is 8.35. The van der Waals surface area contributed by atoms with Crippen LogP contribution in [-0.4, -0.2) is 45.3 Å². The number of nitrogens with two attached hydrogens (primary N) is 1. The minimum atomic E-state index is -3.66. The monoisotopic (exact) mass is 481 g/mol. The summed E-state index contributed by atoms with van der Waals surface area (Å²) < 4.78 is 32.3. The molecule has 1 aromatic carbocycles. The molecule has 2 aliphatic heterocycles. The number of hydrogen-bond acceptors (Lipinski definition) is 8. The Balaban J connectivity index is 1.66. The number of amidine groups is 1. The maximum Gasteiger partial charge on any atom is 0.266 e. The van der Waals surface area contributed by atoms with Crippen molar-refractivity contribution in [3.8, 4) is 5.75 Å². The summed E-state index contributed by atoms with van der Waals surface area (Å²) in [6.45, 7) is 6.92. The largest absolute Gasteiger partial charge is 0.490 e. The Hall–Kier alpha value is -3.27. The van der Waals surface area contributed by atoms with Gasteiger partial charge in [-0.25, -0.2) is 13.4 Å². The first-order chi connectivity index (χ1) is 15.9. The number of hydrogen-bond donors (Lipinski definition) is 2. The number of pyridine rings is 1. The van der Waals surface area contributed by atoms with Gasteiger partial charge in [0.05, 0.1) is 28.8 Å². The topological polar surface area (TPSA) is 140 Å². The molecular weight excluding hydrogens is 454 g/mol. The van der Waals surface area contributed by atoms with Crippen molar-refractivity contribution >= 4 is 26.7 Å². The molecule has 0 saturated heterocycles. The molecule has 2 aromatic heterocycles. The summed E-state index contributed by atoms with van der Waals surface area (Å²) in [6, 6.07) is 7.41. The van der Waals surface area contributed by atoms with E-state index in [1.807, 2.05) is 32.0 Å². The van der Waals surface area contributed by atoms with Gasteiger partial charge >= 0.3 is 0 Å². The van der Waals surface area contributed by atoms with Crippen molar-refractivity contribution in [1.82, 2.24) is 15.0 Å². The summed E-state index contributed by atoms with van der Waals surface area (Å²) in [5, 5.41) is -0.781. The third-order valence-electron chi connectivity index (χ3n) is 7.09. The number of nitrogens with one attached hydrogen (secondary N) is 1. The van der Waals surface area contributed by atoms with Crippen LogP contribution in [0.3, 0.4) is 0 Å². The minimum Gasteiger partial charge on any atom is -0.490 e. The molecule has 0 radical (unpaired) electrons. The van der Waals surface area contributed by atoms with Crippen molar-refractivity contribution in [3.63, 3.8) is 0 Å². The third-order valence-corrected chi connectivity index (χ3v) is 10.1. The van der Waals surface area contributed by atoms with Gasteiger partial charge in [-0.15, -0.1) is 0 Å². The Morgan fingerprint density at radius 3 is 2.74 bits per heavy atom. The molecule has 0 unspecified atom stereocenters. The maximum atomic E-state index is 13.7. The lowest BCUT2D eigenvalue weighted by Crippen LogP contribution is -2.60. The lowest BCUT2D eigenvalue weighted by Gasteiger charge is -2.43. The predicted molar refractivity (Wildman–Crippen MR) is 130 cm³/mol. The average Bonchev–Trinajstić information content (AvgIpc) is 2.87. The van der Waals surface area contributed by atoms with Gasteiger partial charge in [-0.1, -0.05) is 6.07 Å². The molecule has 2 aliphatic rings. The van der Waals surface area contributed by atoms with E-state index in [9.17, 15) is 13.2 Å². The highest BCUT2D eigenvalue weighted by atomic mass is 32.2. The number of aliphatic imine (C=N–C) groups is 1. The van der Waals surface area contributed by atoms with Crippen LogP contribution in [0.5, 0.6) is 5.75 Å². The second kappa shape index (κ2) is 7.36. The fraction of sp³-hybridized carbons (Fsp3) is 0.417. The SMILES string of the molecule is C[C@H]1C[C@@H]2[C@](C)(N=C(N)C(C)(C)S2(=O)=O)c2cc(Cc3nccc4[nH]c(=O)cnc34)ccc2O1. The van der Waals surface area contributed by atoms with Crippen molar-refractivity contribution in [1.29, 1.82) is 0 Å². The summed E-state index contributed by atoms with van der Waals surface area (Å²) in [5.74, 6) is 0.696. The molecule has 34 heavy (non-hydrogen) atoms. The first-order valence-corrected chi connectivity index (χ1v) is 12.7. The standard InChI is InChI=1S/C24H27N5O4S/c1-13-9-19-24(4,29-22(25)23(2,3)34(19,31)32)15-10-14(5-6-18(15)33-13)11-17-21-16(7-8-26-17)28-20(30)12-27-21/h5-8,10,12-13,19H,9,11H2,1-4H3,(H2,25,29)(H,28,30)/t13-,19+,24+/m0/s1. The molecule has 0 fully saturated rings. The van der Waals surface area contributed by atoms with Crippen LogP contribution >= 0.6 is 0 Å². The van der Waals surface area contributed by atoms with E-state index in [0.29, 0.717) is 40.9 Å². The van der Waals surface area contributed by atoms with Crippen LogP contribution in [-0.2, 0) is 21.8 Å². The number of rotatable bonds is 2. The Bertz CT molecular complexity index is 1510. The van der Waals surface area contributed by atoms with E-state index in [4.69, 9.17) is 15.5 Å². The first-order valence-electron chi connectivity index (χ1n) is 11.2. The van der Waals surface area contributed by atoms with Crippen molar-refractivity contribution in [3.05, 3.63) is 63.8 Å². The van der Waals surface area contributed by atoms with Gasteiger partial charge < -0.3 is 15.5 Å². The van der Waals surface area contributed by atoms with Crippen LogP contribution in [0.4, 0.5) is 0 Å². The van der Waals surface area contributed by atoms with Gasteiger partial charge in [0.2, 0.25) is 0 Å². The van der Waals surface area contributed by atoms with Gasteiger partial charge in [0.25, 0.3) is 5.56 Å². The molecule has 10 heteroatoms. The van der Waals surface area contributed by atoms with Gasteiger partial charge in [0.1, 0.15) is 27.4 Å². The van der Waals surface area contributed by atoms with Gasteiger partial charge in [0, 0.05) is 24.6 Å². The van der Waals surface area contributed by atoms with Crippen molar-refractivity contribution in [2.24, 2.45) is 10.7 Å². The molecule has 4 heterocycles. The highest BCUT2D eigenvalue weighted by molar-refractivity contribution is 7.94. The summed E-state index contributed by atoms with van der Waals surface area (Å²) in [6.07, 6.45) is 3.29. The molecule has 9 nitrogen and oxygen atoms in total. The zero-order valence-electron chi connectivity index (χ0n) is 19.5. The highest BCUT2D eigenvalue weighted by Crippen LogP contribution is 2.49. The summed E-state index contributed by atoms with van der Waals surface area (Å²) >= 11 is 0. The zero-order valence-corrected chi connectivity index (χ0v) is 20.3. The van der Waals surface area contributed by atoms with Gasteiger partial charge in [-0.05, 0) is 51.5 Å². The number of nitrogens with zero attached hydrogens (tertiary/aromatic N) is 3. The molecule has 3 atom stereocenters. The zero-order chi connectivity index (χ0) is 24.5. The molecular formula is C24H27N5O4S. The molecule has 0 saturated carbocycles. The highest BCUT2D eigenvalue weighted by Gasteiger charge is 2.58. The number of ether oxygens (including phenoxy) is 1. The van der Waals surface area contributed by atoms with Crippen LogP contribution in [0.2, 0.25) is 0 Å². The quantitative estimate of drug-likeness (QED) is 0.572. The number of aromatic amines is 1. The molecule has 3 aromatic rings. The third kappa shape index (κ3) is 3.23. The Labute approximate surface area is 197 Å². The van der Waals surface area contributed by atoms with Gasteiger partial charge in [-0.3, -0.25) is 14.8 Å². The van der Waals surface area contributed by atoms with E-state index in [-0.39, 0.29) is 17.5 Å². The Kier molecular flexibility index (Phi) is 4.88. The van der Waals surface area contributed by atoms with Gasteiger partial charge in [-0.2, -0.15) is 0 Å². The molecule has 5 rings (SSSR count). The van der Waals surface area contributed by atoms with Crippen molar-refractivity contribution in [2.75, 3.05) is 0 Å². The van der Waals surface area contributed by atoms with E-state index >= 15 is 0 Å². The first kappa shape index (κ1) is 22.5. The Morgan fingerprint density at radius 2 is 1.97 bits per heavy atom.